The monoisotopic (exact) mass is 256 g/mol. The van der Waals surface area contributed by atoms with Crippen molar-refractivity contribution < 1.29 is 27.9 Å². The van der Waals surface area contributed by atoms with Gasteiger partial charge < -0.3 is 10.4 Å². The quantitative estimate of drug-likeness (QED) is 0.669. The number of nitrogens with one attached hydrogen (secondary N) is 2. The summed E-state index contributed by atoms with van der Waals surface area (Å²) in [6, 6.07) is -1.27. The first-order valence-electron chi connectivity index (χ1n) is 4.91. The minimum atomic E-state index is -5.00. The van der Waals surface area contributed by atoms with Crippen molar-refractivity contribution in [1.29, 1.82) is 0 Å². The van der Waals surface area contributed by atoms with Crippen LogP contribution in [-0.4, -0.2) is 41.3 Å². The predicted octanol–water partition coefficient (Wildman–Crippen LogP) is 0.506. The lowest BCUT2D eigenvalue weighted by Gasteiger charge is -2.31. The van der Waals surface area contributed by atoms with Gasteiger partial charge in [0.25, 0.3) is 0 Å². The van der Waals surface area contributed by atoms with Crippen LogP contribution in [0.25, 0.3) is 0 Å². The highest BCUT2D eigenvalue weighted by atomic mass is 19.4. The number of alkyl halides is 3. The molecule has 2 unspecified atom stereocenters. The number of hydrogen-bond donors (Lipinski definition) is 3. The van der Waals surface area contributed by atoms with Gasteiger partial charge in [0.15, 0.2) is 0 Å². The van der Waals surface area contributed by atoms with E-state index in [0.717, 1.165) is 6.92 Å². The van der Waals surface area contributed by atoms with E-state index in [1.165, 1.54) is 0 Å². The summed E-state index contributed by atoms with van der Waals surface area (Å²) >= 11 is 0. The van der Waals surface area contributed by atoms with Crippen LogP contribution in [-0.2, 0) is 9.59 Å². The number of likely N-dealkylation sites (N-methyl/N-ethyl adjacent to an activating group) is 1. The van der Waals surface area contributed by atoms with Crippen molar-refractivity contribution in [2.45, 2.75) is 38.5 Å². The molecule has 17 heavy (non-hydrogen) atoms. The number of carboxylic acid groups (broad SMARTS) is 1. The predicted molar refractivity (Wildman–Crippen MR) is 53.4 cm³/mol. The van der Waals surface area contributed by atoms with E-state index in [4.69, 9.17) is 5.11 Å². The zero-order chi connectivity index (χ0) is 13.9. The van der Waals surface area contributed by atoms with Crippen molar-refractivity contribution in [1.82, 2.24) is 10.6 Å². The van der Waals surface area contributed by atoms with Crippen LogP contribution < -0.4 is 10.6 Å². The molecular formula is C9H15F3N2O3. The van der Waals surface area contributed by atoms with Gasteiger partial charge in [0, 0.05) is 6.54 Å². The summed E-state index contributed by atoms with van der Waals surface area (Å²) in [7, 11) is 0. The number of halogens is 3. The third-order valence-electron chi connectivity index (χ3n) is 2.24. The maximum absolute atomic E-state index is 12.6. The van der Waals surface area contributed by atoms with Crippen LogP contribution in [0.2, 0.25) is 0 Å². The Morgan fingerprint density at radius 2 is 1.82 bits per heavy atom. The third kappa shape index (κ3) is 3.58. The van der Waals surface area contributed by atoms with Gasteiger partial charge in [-0.3, -0.25) is 10.1 Å². The van der Waals surface area contributed by atoms with Crippen molar-refractivity contribution in [3.05, 3.63) is 0 Å². The fraction of sp³-hybridized carbons (Fsp3) is 0.778. The molecule has 0 aromatic carbocycles. The molecule has 0 fully saturated rings. The van der Waals surface area contributed by atoms with Crippen LogP contribution in [0.5, 0.6) is 0 Å². The molecule has 2 atom stereocenters. The van der Waals surface area contributed by atoms with E-state index in [1.54, 1.807) is 12.2 Å². The lowest BCUT2D eigenvalue weighted by atomic mass is 10.0. The lowest BCUT2D eigenvalue weighted by Crippen LogP contribution is -2.64. The summed E-state index contributed by atoms with van der Waals surface area (Å²) in [5, 5.41) is 12.7. The van der Waals surface area contributed by atoms with Gasteiger partial charge in [-0.2, -0.15) is 13.2 Å². The molecule has 0 aliphatic rings. The Morgan fingerprint density at radius 3 is 2.12 bits per heavy atom. The van der Waals surface area contributed by atoms with Gasteiger partial charge in [0.05, 0.1) is 6.04 Å². The normalized spacial score (nSPS) is 17.1. The molecule has 1 amide bonds. The Labute approximate surface area is 96.4 Å². The SMILES string of the molecule is CCNC(=O)C(C)NC(C)(C(=O)O)C(F)(F)F. The Morgan fingerprint density at radius 1 is 1.35 bits per heavy atom. The molecule has 0 spiro atoms. The van der Waals surface area contributed by atoms with Gasteiger partial charge in [0.2, 0.25) is 11.4 Å². The molecule has 100 valence electrons. The van der Waals surface area contributed by atoms with E-state index >= 15 is 0 Å². The molecule has 3 N–H and O–H groups in total. The molecule has 0 radical (unpaired) electrons. The fourth-order valence-electron chi connectivity index (χ4n) is 1.09. The van der Waals surface area contributed by atoms with Crippen molar-refractivity contribution in [2.75, 3.05) is 6.54 Å². The number of rotatable bonds is 5. The molecule has 0 aliphatic carbocycles. The highest BCUT2D eigenvalue weighted by Crippen LogP contribution is 2.30. The minimum Gasteiger partial charge on any atom is -0.480 e. The molecule has 0 aromatic rings. The van der Waals surface area contributed by atoms with Crippen LogP contribution in [0.3, 0.4) is 0 Å². The van der Waals surface area contributed by atoms with E-state index in [9.17, 15) is 22.8 Å². The molecule has 8 heteroatoms. The summed E-state index contributed by atoms with van der Waals surface area (Å²) in [5.74, 6) is -2.77. The molecule has 5 nitrogen and oxygen atoms in total. The van der Waals surface area contributed by atoms with Gasteiger partial charge in [0.1, 0.15) is 0 Å². The number of carboxylic acids is 1. The van der Waals surface area contributed by atoms with Crippen LogP contribution in [0.4, 0.5) is 13.2 Å². The highest BCUT2D eigenvalue weighted by Gasteiger charge is 2.58. The number of hydrogen-bond acceptors (Lipinski definition) is 3. The van der Waals surface area contributed by atoms with E-state index in [-0.39, 0.29) is 6.54 Å². The van der Waals surface area contributed by atoms with E-state index in [0.29, 0.717) is 6.92 Å². The molecule has 0 saturated heterocycles. The van der Waals surface area contributed by atoms with Gasteiger partial charge in [-0.15, -0.1) is 0 Å². The maximum atomic E-state index is 12.6. The summed E-state index contributed by atoms with van der Waals surface area (Å²) in [6.07, 6.45) is -5.00. The van der Waals surface area contributed by atoms with Crippen molar-refractivity contribution in [3.63, 3.8) is 0 Å². The van der Waals surface area contributed by atoms with E-state index in [2.05, 4.69) is 5.32 Å². The first-order chi connectivity index (χ1) is 7.56. The van der Waals surface area contributed by atoms with Crippen LogP contribution in [0.1, 0.15) is 20.8 Å². The average molecular weight is 256 g/mol. The Kier molecular flexibility index (Phi) is 4.94. The van der Waals surface area contributed by atoms with Gasteiger partial charge >= 0.3 is 12.1 Å². The minimum absolute atomic E-state index is 0.251. The average Bonchev–Trinajstić information content (AvgIpc) is 2.15. The lowest BCUT2D eigenvalue weighted by molar-refractivity contribution is -0.207. The number of amides is 1. The summed E-state index contributed by atoms with van der Waals surface area (Å²) in [6.45, 7) is 3.49. The van der Waals surface area contributed by atoms with Crippen molar-refractivity contribution in [3.8, 4) is 0 Å². The van der Waals surface area contributed by atoms with Gasteiger partial charge in [-0.05, 0) is 20.8 Å². The summed E-state index contributed by atoms with van der Waals surface area (Å²) in [4.78, 5) is 21.9. The Bertz CT molecular complexity index is 306. The maximum Gasteiger partial charge on any atom is 0.417 e. The van der Waals surface area contributed by atoms with E-state index < -0.39 is 29.6 Å². The molecule has 0 aromatic heterocycles. The molecule has 0 bridgehead atoms. The molecule has 0 saturated carbocycles. The van der Waals surface area contributed by atoms with Crippen LogP contribution >= 0.6 is 0 Å². The van der Waals surface area contributed by atoms with Crippen LogP contribution in [0, 0.1) is 0 Å². The number of aliphatic carboxylic acids is 1. The second-order valence-corrected chi connectivity index (χ2v) is 3.69. The Hall–Kier alpha value is -1.31. The number of carbonyl (C=O) groups is 2. The second kappa shape index (κ2) is 5.35. The van der Waals surface area contributed by atoms with Crippen LogP contribution in [0.15, 0.2) is 0 Å². The summed E-state index contributed by atoms with van der Waals surface area (Å²) in [5.41, 5.74) is -3.16. The fourth-order valence-corrected chi connectivity index (χ4v) is 1.09. The first-order valence-corrected chi connectivity index (χ1v) is 4.91. The van der Waals surface area contributed by atoms with Gasteiger partial charge in [-0.25, -0.2) is 4.79 Å². The standard InChI is InChI=1S/C9H15F3N2O3/c1-4-13-6(15)5(2)14-8(3,7(16)17)9(10,11)12/h5,14H,4H2,1-3H3,(H,13,15)(H,16,17). The van der Waals surface area contributed by atoms with E-state index in [1.807, 2.05) is 0 Å². The molecular weight excluding hydrogens is 241 g/mol. The van der Waals surface area contributed by atoms with Crippen molar-refractivity contribution in [2.24, 2.45) is 0 Å². The zero-order valence-electron chi connectivity index (χ0n) is 9.68. The largest absolute Gasteiger partial charge is 0.480 e. The van der Waals surface area contributed by atoms with Crippen molar-refractivity contribution >= 4 is 11.9 Å². The second-order valence-electron chi connectivity index (χ2n) is 3.69. The molecule has 0 aliphatic heterocycles. The topological polar surface area (TPSA) is 78.4 Å². The highest BCUT2D eigenvalue weighted by molar-refractivity contribution is 5.84. The smallest absolute Gasteiger partial charge is 0.417 e. The molecule has 0 heterocycles. The summed E-state index contributed by atoms with van der Waals surface area (Å²) < 4.78 is 37.8. The Balaban J connectivity index is 4.91. The third-order valence-corrected chi connectivity index (χ3v) is 2.24. The zero-order valence-corrected chi connectivity index (χ0v) is 9.68. The first kappa shape index (κ1) is 15.7. The number of carbonyl (C=O) groups excluding carboxylic acids is 1. The van der Waals surface area contributed by atoms with Gasteiger partial charge in [-0.1, -0.05) is 0 Å². The molecule has 0 rings (SSSR count).